The first kappa shape index (κ1) is 12.8. The fraction of sp³-hybridized carbons (Fsp3) is 0.750. The summed E-state index contributed by atoms with van der Waals surface area (Å²) in [4.78, 5) is 18.7. The maximum Gasteiger partial charge on any atom is 0.477 e. The summed E-state index contributed by atoms with van der Waals surface area (Å²) in [5.41, 5.74) is 0. The van der Waals surface area contributed by atoms with Crippen molar-refractivity contribution in [2.75, 3.05) is 13.3 Å². The third-order valence-corrected chi connectivity index (χ3v) is 3.27. The van der Waals surface area contributed by atoms with Gasteiger partial charge in [-0.15, -0.1) is 0 Å². The van der Waals surface area contributed by atoms with Crippen LogP contribution in [0.25, 0.3) is 0 Å². The van der Waals surface area contributed by atoms with E-state index in [-0.39, 0.29) is 0 Å². The SMILES string of the molecule is C[PH](=O)OP(=O)(O)OCCC(=O)O. The Kier molecular flexibility index (Phi) is 5.44. The third kappa shape index (κ3) is 8.15. The van der Waals surface area contributed by atoms with Crippen molar-refractivity contribution < 1.29 is 32.8 Å². The molecular formula is C4H10O7P2. The number of carboxylic acids is 1. The summed E-state index contributed by atoms with van der Waals surface area (Å²) in [6.07, 6.45) is -0.418. The van der Waals surface area contributed by atoms with Crippen LogP contribution in [-0.2, 0) is 22.8 Å². The first-order chi connectivity index (χ1) is 5.83. The molecule has 0 aliphatic heterocycles. The Hall–Kier alpha value is -0.190. The minimum atomic E-state index is -4.34. The Morgan fingerprint density at radius 2 is 2.15 bits per heavy atom. The molecule has 0 fully saturated rings. The van der Waals surface area contributed by atoms with Crippen molar-refractivity contribution in [2.45, 2.75) is 6.42 Å². The van der Waals surface area contributed by atoms with Gasteiger partial charge in [0.25, 0.3) is 0 Å². The van der Waals surface area contributed by atoms with E-state index in [1.54, 1.807) is 0 Å². The Balaban J connectivity index is 3.82. The van der Waals surface area contributed by atoms with Crippen molar-refractivity contribution in [2.24, 2.45) is 0 Å². The molecule has 7 nitrogen and oxygen atoms in total. The van der Waals surface area contributed by atoms with Crippen LogP contribution in [0.2, 0.25) is 0 Å². The van der Waals surface area contributed by atoms with E-state index < -0.39 is 34.8 Å². The average Bonchev–Trinajstić information content (AvgIpc) is 1.81. The van der Waals surface area contributed by atoms with Crippen molar-refractivity contribution in [1.29, 1.82) is 0 Å². The molecule has 0 aliphatic carbocycles. The van der Waals surface area contributed by atoms with E-state index >= 15 is 0 Å². The molecule has 0 aromatic rings. The zero-order chi connectivity index (χ0) is 10.5. The first-order valence-electron chi connectivity index (χ1n) is 3.23. The van der Waals surface area contributed by atoms with Gasteiger partial charge < -0.3 is 10.00 Å². The molecule has 2 N–H and O–H groups in total. The fourth-order valence-electron chi connectivity index (χ4n) is 0.437. The van der Waals surface area contributed by atoms with E-state index in [9.17, 15) is 13.9 Å². The van der Waals surface area contributed by atoms with Crippen molar-refractivity contribution in [3.8, 4) is 0 Å². The summed E-state index contributed by atoms with van der Waals surface area (Å²) in [7, 11) is -6.91. The topological polar surface area (TPSA) is 110 Å². The molecule has 0 heterocycles. The van der Waals surface area contributed by atoms with E-state index in [1.807, 2.05) is 0 Å². The highest BCUT2D eigenvalue weighted by Crippen LogP contribution is 2.50. The summed E-state index contributed by atoms with van der Waals surface area (Å²) < 4.78 is 29.4. The highest BCUT2D eigenvalue weighted by molar-refractivity contribution is 7.57. The first-order valence-corrected chi connectivity index (χ1v) is 6.54. The summed E-state index contributed by atoms with van der Waals surface area (Å²) in [5, 5.41) is 8.14. The number of phosphoric acid groups is 1. The Bertz CT molecular complexity index is 249. The van der Waals surface area contributed by atoms with Crippen molar-refractivity contribution in [3.05, 3.63) is 0 Å². The van der Waals surface area contributed by atoms with Gasteiger partial charge in [0.05, 0.1) is 13.0 Å². The maximum absolute atomic E-state index is 10.7. The van der Waals surface area contributed by atoms with Gasteiger partial charge >= 0.3 is 13.8 Å². The van der Waals surface area contributed by atoms with Crippen molar-refractivity contribution in [1.82, 2.24) is 0 Å². The van der Waals surface area contributed by atoms with Crippen LogP contribution in [0, 0.1) is 0 Å². The lowest BCUT2D eigenvalue weighted by Crippen LogP contribution is -2.01. The lowest BCUT2D eigenvalue weighted by Gasteiger charge is -2.08. The van der Waals surface area contributed by atoms with Gasteiger partial charge in [-0.25, -0.2) is 8.88 Å². The highest BCUT2D eigenvalue weighted by atomic mass is 31.2. The Labute approximate surface area is 75.2 Å². The number of hydrogen-bond donors (Lipinski definition) is 2. The van der Waals surface area contributed by atoms with Gasteiger partial charge in [0.15, 0.2) is 8.03 Å². The summed E-state index contributed by atoms with van der Waals surface area (Å²) in [6.45, 7) is 0.659. The molecule has 13 heavy (non-hydrogen) atoms. The lowest BCUT2D eigenvalue weighted by molar-refractivity contribution is -0.137. The van der Waals surface area contributed by atoms with Crippen LogP contribution in [0.5, 0.6) is 0 Å². The molecule has 0 saturated carbocycles. The van der Waals surface area contributed by atoms with E-state index in [0.29, 0.717) is 0 Å². The van der Waals surface area contributed by atoms with Gasteiger partial charge in [-0.2, -0.15) is 0 Å². The average molecular weight is 232 g/mol. The molecule has 0 radical (unpaired) electrons. The molecule has 0 aromatic heterocycles. The molecule has 0 saturated heterocycles. The van der Waals surface area contributed by atoms with Gasteiger partial charge in [-0.05, 0) is 0 Å². The Morgan fingerprint density at radius 3 is 2.54 bits per heavy atom. The van der Waals surface area contributed by atoms with Gasteiger partial charge in [0.2, 0.25) is 0 Å². The van der Waals surface area contributed by atoms with E-state index in [4.69, 9.17) is 10.00 Å². The van der Waals surface area contributed by atoms with E-state index in [1.165, 1.54) is 0 Å². The molecule has 0 rings (SSSR count). The smallest absolute Gasteiger partial charge is 0.477 e. The molecule has 78 valence electrons. The predicted molar refractivity (Wildman–Crippen MR) is 44.0 cm³/mol. The van der Waals surface area contributed by atoms with Gasteiger partial charge in [-0.3, -0.25) is 13.9 Å². The molecule has 0 amide bonds. The predicted octanol–water partition coefficient (Wildman–Crippen LogP) is 0.699. The van der Waals surface area contributed by atoms with Gasteiger partial charge in [0, 0.05) is 6.66 Å². The van der Waals surface area contributed by atoms with Crippen molar-refractivity contribution in [3.63, 3.8) is 0 Å². The summed E-state index contributed by atoms with van der Waals surface area (Å²) >= 11 is 0. The molecule has 2 atom stereocenters. The zero-order valence-electron chi connectivity index (χ0n) is 6.80. The summed E-state index contributed by atoms with van der Waals surface area (Å²) in [5.74, 6) is -1.16. The quantitative estimate of drug-likeness (QED) is 0.648. The normalized spacial score (nSPS) is 17.7. The monoisotopic (exact) mass is 232 g/mol. The lowest BCUT2D eigenvalue weighted by atomic mass is 10.5. The summed E-state index contributed by atoms with van der Waals surface area (Å²) in [6, 6.07) is 0. The highest BCUT2D eigenvalue weighted by Gasteiger charge is 2.22. The van der Waals surface area contributed by atoms with Gasteiger partial charge in [0.1, 0.15) is 0 Å². The minimum Gasteiger partial charge on any atom is -0.481 e. The number of hydrogen-bond acceptors (Lipinski definition) is 5. The number of rotatable bonds is 6. The Morgan fingerprint density at radius 1 is 1.62 bits per heavy atom. The number of phosphoric ester groups is 1. The fourth-order valence-corrected chi connectivity index (χ4v) is 2.27. The number of aliphatic carboxylic acids is 1. The van der Waals surface area contributed by atoms with Crippen LogP contribution in [0.3, 0.4) is 0 Å². The number of carbonyl (C=O) groups is 1. The van der Waals surface area contributed by atoms with E-state index in [2.05, 4.69) is 8.83 Å². The van der Waals surface area contributed by atoms with Crippen molar-refractivity contribution >= 4 is 21.8 Å². The molecule has 0 aromatic carbocycles. The molecule has 2 unspecified atom stereocenters. The van der Waals surface area contributed by atoms with Crippen LogP contribution in [0.4, 0.5) is 0 Å². The van der Waals surface area contributed by atoms with Crippen LogP contribution >= 0.6 is 15.9 Å². The standard InChI is InChI=1S/C4H10O7P2/c1-12(7)11-13(8,9)10-3-2-4(5)6/h12H,2-3H2,1H3,(H,5,6)(H,8,9). The van der Waals surface area contributed by atoms with Crippen LogP contribution in [-0.4, -0.2) is 29.2 Å². The number of carboxylic acid groups (broad SMARTS) is 1. The zero-order valence-corrected chi connectivity index (χ0v) is 8.69. The van der Waals surface area contributed by atoms with Crippen LogP contribution in [0.15, 0.2) is 0 Å². The third-order valence-electron chi connectivity index (χ3n) is 0.814. The molecule has 0 aliphatic rings. The van der Waals surface area contributed by atoms with E-state index in [0.717, 1.165) is 6.66 Å². The maximum atomic E-state index is 10.7. The minimum absolute atomic E-state index is 0.418. The second kappa shape index (κ2) is 5.52. The molecular weight excluding hydrogens is 222 g/mol. The molecule has 9 heteroatoms. The second-order valence-corrected chi connectivity index (χ2v) is 4.94. The van der Waals surface area contributed by atoms with Crippen LogP contribution < -0.4 is 0 Å². The molecule has 0 spiro atoms. The second-order valence-electron chi connectivity index (χ2n) is 2.03. The largest absolute Gasteiger partial charge is 0.481 e. The van der Waals surface area contributed by atoms with Gasteiger partial charge in [-0.1, -0.05) is 0 Å². The molecule has 0 bridgehead atoms. The van der Waals surface area contributed by atoms with Crippen LogP contribution in [0.1, 0.15) is 6.42 Å².